The van der Waals surface area contributed by atoms with E-state index in [4.69, 9.17) is 0 Å². The minimum atomic E-state index is -0.575. The molecule has 122 valence electrons. The number of anilines is 2. The first kappa shape index (κ1) is 16.0. The van der Waals surface area contributed by atoms with Crippen molar-refractivity contribution < 1.29 is 9.90 Å². The molecule has 0 aliphatic carbocycles. The summed E-state index contributed by atoms with van der Waals surface area (Å²) in [6.45, 7) is 0. The van der Waals surface area contributed by atoms with Crippen molar-refractivity contribution in [1.29, 1.82) is 5.26 Å². The van der Waals surface area contributed by atoms with Gasteiger partial charge in [-0.3, -0.25) is 9.78 Å². The van der Waals surface area contributed by atoms with Gasteiger partial charge >= 0.3 is 0 Å². The molecule has 1 aromatic heterocycles. The lowest BCUT2D eigenvalue weighted by Crippen LogP contribution is -2.14. The maximum atomic E-state index is 12.2. The zero-order valence-corrected chi connectivity index (χ0v) is 13.1. The molecule has 2 aromatic carbocycles. The second kappa shape index (κ2) is 7.15. The molecule has 0 fully saturated rings. The number of hydrogen-bond acceptors (Lipinski definition) is 5. The maximum absolute atomic E-state index is 12.2. The number of aromatic hydroxyl groups is 1. The number of benzene rings is 2. The van der Waals surface area contributed by atoms with E-state index >= 15 is 0 Å². The minimum Gasteiger partial charge on any atom is -0.508 e. The molecule has 0 aliphatic heterocycles. The average molecular weight is 330 g/mol. The van der Waals surface area contributed by atoms with Crippen LogP contribution in [0.25, 0.3) is 10.9 Å². The van der Waals surface area contributed by atoms with Crippen LogP contribution in [0.2, 0.25) is 0 Å². The maximum Gasteiger partial charge on any atom is 0.267 e. The van der Waals surface area contributed by atoms with Crippen molar-refractivity contribution in [3.8, 4) is 11.8 Å². The highest BCUT2D eigenvalue weighted by molar-refractivity contribution is 6.07. The molecule has 3 rings (SSSR count). The SMILES string of the molecule is N#C/C(=C/Nc1cccc2cccnc12)C(=O)Nc1cccc(O)c1. The number of pyridine rings is 1. The fraction of sp³-hybridized carbons (Fsp3) is 0. The molecule has 25 heavy (non-hydrogen) atoms. The number of para-hydroxylation sites is 1. The number of nitrogens with one attached hydrogen (secondary N) is 2. The predicted molar refractivity (Wildman–Crippen MR) is 95.8 cm³/mol. The van der Waals surface area contributed by atoms with Crippen molar-refractivity contribution in [2.45, 2.75) is 0 Å². The number of carbonyl (C=O) groups excluding carboxylic acids is 1. The van der Waals surface area contributed by atoms with Gasteiger partial charge in [0.25, 0.3) is 5.91 Å². The third-order valence-electron chi connectivity index (χ3n) is 3.47. The fourth-order valence-corrected chi connectivity index (χ4v) is 2.30. The van der Waals surface area contributed by atoms with Gasteiger partial charge < -0.3 is 15.7 Å². The van der Waals surface area contributed by atoms with Crippen LogP contribution >= 0.6 is 0 Å². The smallest absolute Gasteiger partial charge is 0.267 e. The molecule has 6 nitrogen and oxygen atoms in total. The summed E-state index contributed by atoms with van der Waals surface area (Å²) in [5.74, 6) is -0.547. The van der Waals surface area contributed by atoms with Crippen LogP contribution in [-0.4, -0.2) is 16.0 Å². The zero-order chi connectivity index (χ0) is 17.6. The summed E-state index contributed by atoms with van der Waals surface area (Å²) in [4.78, 5) is 16.5. The molecule has 3 N–H and O–H groups in total. The van der Waals surface area contributed by atoms with Crippen molar-refractivity contribution >= 4 is 28.2 Å². The average Bonchev–Trinajstić information content (AvgIpc) is 2.62. The standard InChI is InChI=1S/C19H14N4O2/c20-11-14(19(25)23-15-6-2-7-16(24)10-15)12-22-17-8-1-4-13-5-3-9-21-18(13)17/h1-10,12,22,24H,(H,23,25)/b14-12-. The lowest BCUT2D eigenvalue weighted by atomic mass is 10.2. The molecule has 1 heterocycles. The Morgan fingerprint density at radius 3 is 2.76 bits per heavy atom. The Morgan fingerprint density at radius 1 is 1.16 bits per heavy atom. The Morgan fingerprint density at radius 2 is 1.96 bits per heavy atom. The van der Waals surface area contributed by atoms with Crippen LogP contribution < -0.4 is 10.6 Å². The molecule has 0 spiro atoms. The van der Waals surface area contributed by atoms with E-state index in [9.17, 15) is 15.2 Å². The van der Waals surface area contributed by atoms with E-state index in [1.807, 2.05) is 36.4 Å². The number of aromatic nitrogens is 1. The van der Waals surface area contributed by atoms with Gasteiger partial charge in [0.15, 0.2) is 0 Å². The van der Waals surface area contributed by atoms with E-state index < -0.39 is 5.91 Å². The molecule has 0 saturated carbocycles. The molecular weight excluding hydrogens is 316 g/mol. The van der Waals surface area contributed by atoms with Crippen LogP contribution in [0.1, 0.15) is 0 Å². The number of nitrogens with zero attached hydrogens (tertiary/aromatic N) is 2. The van der Waals surface area contributed by atoms with Gasteiger partial charge in [0.1, 0.15) is 17.4 Å². The third-order valence-corrected chi connectivity index (χ3v) is 3.47. The summed E-state index contributed by atoms with van der Waals surface area (Å²) in [6, 6.07) is 17.3. The number of rotatable bonds is 4. The Labute approximate surface area is 144 Å². The van der Waals surface area contributed by atoms with Gasteiger partial charge in [-0.15, -0.1) is 0 Å². The highest BCUT2D eigenvalue weighted by Gasteiger charge is 2.10. The number of hydrogen-bond donors (Lipinski definition) is 3. The van der Waals surface area contributed by atoms with E-state index in [1.54, 1.807) is 18.3 Å². The number of carbonyl (C=O) groups is 1. The Bertz CT molecular complexity index is 1000. The first-order valence-electron chi connectivity index (χ1n) is 7.48. The highest BCUT2D eigenvalue weighted by atomic mass is 16.3. The summed E-state index contributed by atoms with van der Waals surface area (Å²) in [5, 5.41) is 25.1. The molecule has 0 unspecified atom stereocenters. The van der Waals surface area contributed by atoms with Gasteiger partial charge in [-0.05, 0) is 24.3 Å². The third kappa shape index (κ3) is 3.74. The molecule has 0 radical (unpaired) electrons. The first-order valence-corrected chi connectivity index (χ1v) is 7.48. The molecule has 0 bridgehead atoms. The minimum absolute atomic E-state index is 0.0280. The number of amides is 1. The van der Waals surface area contributed by atoms with Crippen molar-refractivity contribution in [3.63, 3.8) is 0 Å². The van der Waals surface area contributed by atoms with Crippen molar-refractivity contribution in [2.24, 2.45) is 0 Å². The molecule has 1 amide bonds. The van der Waals surface area contributed by atoms with E-state index in [1.165, 1.54) is 18.3 Å². The summed E-state index contributed by atoms with van der Waals surface area (Å²) >= 11 is 0. The lowest BCUT2D eigenvalue weighted by Gasteiger charge is -2.07. The second-order valence-corrected chi connectivity index (χ2v) is 5.20. The van der Waals surface area contributed by atoms with Gasteiger partial charge in [0.2, 0.25) is 0 Å². The van der Waals surface area contributed by atoms with E-state index in [2.05, 4.69) is 15.6 Å². The second-order valence-electron chi connectivity index (χ2n) is 5.20. The highest BCUT2D eigenvalue weighted by Crippen LogP contribution is 2.21. The van der Waals surface area contributed by atoms with Gasteiger partial charge in [-0.25, -0.2) is 0 Å². The van der Waals surface area contributed by atoms with Gasteiger partial charge in [-0.1, -0.05) is 24.3 Å². The van der Waals surface area contributed by atoms with Crippen LogP contribution in [0, 0.1) is 11.3 Å². The number of nitriles is 1. The zero-order valence-electron chi connectivity index (χ0n) is 13.1. The van der Waals surface area contributed by atoms with Gasteiger partial charge in [0.05, 0.1) is 11.2 Å². The van der Waals surface area contributed by atoms with Gasteiger partial charge in [0, 0.05) is 29.5 Å². The predicted octanol–water partition coefficient (Wildman–Crippen LogP) is 3.40. The van der Waals surface area contributed by atoms with Crippen LogP contribution in [0.3, 0.4) is 0 Å². The van der Waals surface area contributed by atoms with Crippen LogP contribution in [0.4, 0.5) is 11.4 Å². The molecule has 3 aromatic rings. The normalized spacial score (nSPS) is 10.9. The largest absolute Gasteiger partial charge is 0.508 e. The summed E-state index contributed by atoms with van der Waals surface area (Å²) < 4.78 is 0. The first-order chi connectivity index (χ1) is 12.2. The van der Waals surface area contributed by atoms with Crippen LogP contribution in [0.5, 0.6) is 5.75 Å². The van der Waals surface area contributed by atoms with E-state index in [0.717, 1.165) is 10.9 Å². The van der Waals surface area contributed by atoms with Gasteiger partial charge in [-0.2, -0.15) is 5.26 Å². The molecular formula is C19H14N4O2. The van der Waals surface area contributed by atoms with Crippen LogP contribution in [0.15, 0.2) is 72.6 Å². The summed E-state index contributed by atoms with van der Waals surface area (Å²) in [5.41, 5.74) is 1.73. The molecule has 0 saturated heterocycles. The van der Waals surface area contributed by atoms with E-state index in [-0.39, 0.29) is 11.3 Å². The number of fused-ring (bicyclic) bond motifs is 1. The van der Waals surface area contributed by atoms with Crippen LogP contribution in [-0.2, 0) is 4.79 Å². The quantitative estimate of drug-likeness (QED) is 0.503. The van der Waals surface area contributed by atoms with E-state index in [0.29, 0.717) is 11.4 Å². The fourth-order valence-electron chi connectivity index (χ4n) is 2.30. The van der Waals surface area contributed by atoms with Crippen molar-refractivity contribution in [1.82, 2.24) is 4.98 Å². The number of phenolic OH excluding ortho intramolecular Hbond substituents is 1. The van der Waals surface area contributed by atoms with Crippen molar-refractivity contribution in [2.75, 3.05) is 10.6 Å². The monoisotopic (exact) mass is 330 g/mol. The topological polar surface area (TPSA) is 98.0 Å². The Kier molecular flexibility index (Phi) is 4.58. The lowest BCUT2D eigenvalue weighted by molar-refractivity contribution is -0.112. The number of phenols is 1. The Hall–Kier alpha value is -3.85. The molecule has 0 aliphatic rings. The van der Waals surface area contributed by atoms with Crippen molar-refractivity contribution in [3.05, 3.63) is 72.6 Å². The molecule has 6 heteroatoms. The summed E-state index contributed by atoms with van der Waals surface area (Å²) in [7, 11) is 0. The summed E-state index contributed by atoms with van der Waals surface area (Å²) in [6.07, 6.45) is 3.01. The Balaban J connectivity index is 1.80. The molecule has 0 atom stereocenters.